The maximum absolute atomic E-state index is 12.5. The number of fused-ring (bicyclic) bond motifs is 1. The maximum atomic E-state index is 12.5. The molecule has 0 saturated carbocycles. The third kappa shape index (κ3) is 3.72. The summed E-state index contributed by atoms with van der Waals surface area (Å²) in [4.78, 5) is 43.5. The second-order valence-electron chi connectivity index (χ2n) is 6.17. The van der Waals surface area contributed by atoms with Crippen LogP contribution in [0.4, 0.5) is 5.69 Å². The Balaban J connectivity index is 1.85. The monoisotopic (exact) mass is 365 g/mol. The van der Waals surface area contributed by atoms with Gasteiger partial charge in [0.25, 0.3) is 0 Å². The van der Waals surface area contributed by atoms with Crippen molar-refractivity contribution in [2.24, 2.45) is 0 Å². The van der Waals surface area contributed by atoms with Gasteiger partial charge in [-0.05, 0) is 24.6 Å². The van der Waals surface area contributed by atoms with Crippen LogP contribution in [0.25, 0.3) is 10.9 Å². The number of amides is 1. The zero-order valence-corrected chi connectivity index (χ0v) is 15.3. The number of carbonyl (C=O) groups is 3. The number of methoxy groups -OCH3 is 1. The molecule has 3 aromatic rings. The number of aromatic nitrogens is 2. The first-order valence-corrected chi connectivity index (χ1v) is 8.36. The van der Waals surface area contributed by atoms with Gasteiger partial charge in [0.1, 0.15) is 0 Å². The number of hydrogen-bond acceptors (Lipinski definition) is 5. The smallest absolute Gasteiger partial charge is 0.339 e. The molecule has 7 heteroatoms. The molecule has 0 spiro atoms. The van der Waals surface area contributed by atoms with Crippen LogP contribution < -0.4 is 5.32 Å². The summed E-state index contributed by atoms with van der Waals surface area (Å²) in [6, 6.07) is 9.39. The number of aromatic amines is 1. The van der Waals surface area contributed by atoms with Crippen molar-refractivity contribution in [3.05, 3.63) is 59.0 Å². The molecule has 0 aliphatic rings. The van der Waals surface area contributed by atoms with Gasteiger partial charge in [-0.15, -0.1) is 0 Å². The number of carbonyl (C=O) groups excluding carboxylic acids is 3. The van der Waals surface area contributed by atoms with Crippen LogP contribution >= 0.6 is 0 Å². The van der Waals surface area contributed by atoms with E-state index in [0.717, 1.165) is 10.9 Å². The molecule has 7 nitrogen and oxygen atoms in total. The van der Waals surface area contributed by atoms with E-state index in [1.807, 2.05) is 30.3 Å². The number of esters is 1. The Morgan fingerprint density at radius 3 is 2.67 bits per heavy atom. The molecule has 2 heterocycles. The number of pyridine rings is 1. The van der Waals surface area contributed by atoms with Crippen molar-refractivity contribution in [3.63, 3.8) is 0 Å². The minimum absolute atomic E-state index is 0.106. The molecule has 3 rings (SSSR count). The van der Waals surface area contributed by atoms with Gasteiger partial charge in [-0.2, -0.15) is 0 Å². The van der Waals surface area contributed by atoms with E-state index in [4.69, 9.17) is 4.74 Å². The number of nitrogens with one attached hydrogen (secondary N) is 2. The third-order valence-electron chi connectivity index (χ3n) is 4.28. The van der Waals surface area contributed by atoms with E-state index in [1.165, 1.54) is 14.0 Å². The van der Waals surface area contributed by atoms with Crippen molar-refractivity contribution in [3.8, 4) is 0 Å². The molecule has 0 aliphatic carbocycles. The molecular weight excluding hydrogens is 346 g/mol. The normalized spacial score (nSPS) is 10.6. The molecule has 27 heavy (non-hydrogen) atoms. The lowest BCUT2D eigenvalue weighted by molar-refractivity contribution is -0.115. The highest BCUT2D eigenvalue weighted by Crippen LogP contribution is 2.22. The number of nitrogens with zero attached hydrogens (tertiary/aromatic N) is 1. The van der Waals surface area contributed by atoms with E-state index in [0.29, 0.717) is 22.6 Å². The molecule has 1 aromatic carbocycles. The van der Waals surface area contributed by atoms with Crippen molar-refractivity contribution in [1.29, 1.82) is 0 Å². The molecule has 1 amide bonds. The van der Waals surface area contributed by atoms with Crippen LogP contribution in [0, 0.1) is 6.92 Å². The van der Waals surface area contributed by atoms with Crippen LogP contribution in [0.1, 0.15) is 39.0 Å². The molecular formula is C20H19N3O4. The average Bonchev–Trinajstić information content (AvgIpc) is 2.97. The molecule has 0 saturated heterocycles. The highest BCUT2D eigenvalue weighted by molar-refractivity contribution is 6.02. The fourth-order valence-corrected chi connectivity index (χ4v) is 3.03. The first kappa shape index (κ1) is 18.3. The van der Waals surface area contributed by atoms with Crippen molar-refractivity contribution >= 4 is 34.3 Å². The fourth-order valence-electron chi connectivity index (χ4n) is 3.03. The number of benzene rings is 1. The minimum atomic E-state index is -0.591. The second kappa shape index (κ2) is 7.41. The van der Waals surface area contributed by atoms with Gasteiger partial charge in [0, 0.05) is 18.0 Å². The molecule has 0 fully saturated rings. The predicted octanol–water partition coefficient (Wildman–Crippen LogP) is 3.04. The van der Waals surface area contributed by atoms with Crippen LogP contribution in [0.3, 0.4) is 0 Å². The number of ketones is 1. The second-order valence-corrected chi connectivity index (χ2v) is 6.17. The molecule has 0 radical (unpaired) electrons. The maximum Gasteiger partial charge on any atom is 0.339 e. The summed E-state index contributed by atoms with van der Waals surface area (Å²) < 4.78 is 4.79. The highest BCUT2D eigenvalue weighted by atomic mass is 16.5. The fraction of sp³-hybridized carbons (Fsp3) is 0.200. The standard InChI is InChI=1S/C20H19N3O4/c1-11-18(20(26)27-3)16(23-19(11)12(2)24)9-17(25)22-14-8-13-6-4-5-7-15(13)21-10-14/h4-8,10,23H,9H2,1-3H3,(H,22,25). The SMILES string of the molecule is COC(=O)c1c(CC(=O)Nc2cnc3ccccc3c2)[nH]c(C(C)=O)c1C. The van der Waals surface area contributed by atoms with Gasteiger partial charge in [0.2, 0.25) is 5.91 Å². The number of Topliss-reactive ketones (excluding diaryl/α,β-unsaturated/α-hetero) is 1. The molecule has 0 aliphatic heterocycles. The van der Waals surface area contributed by atoms with Crippen molar-refractivity contribution in [2.45, 2.75) is 20.3 Å². The Hall–Kier alpha value is -3.48. The van der Waals surface area contributed by atoms with Gasteiger partial charge in [-0.1, -0.05) is 18.2 Å². The summed E-state index contributed by atoms with van der Waals surface area (Å²) in [5.74, 6) is -1.15. The average molecular weight is 365 g/mol. The van der Waals surface area contributed by atoms with Crippen LogP contribution in [-0.2, 0) is 16.0 Å². The molecule has 2 aromatic heterocycles. The number of hydrogen-bond donors (Lipinski definition) is 2. The van der Waals surface area contributed by atoms with Crippen LogP contribution in [0.15, 0.2) is 36.5 Å². The molecule has 0 atom stereocenters. The van der Waals surface area contributed by atoms with Crippen LogP contribution in [-0.4, -0.2) is 34.7 Å². The summed E-state index contributed by atoms with van der Waals surface area (Å²) >= 11 is 0. The Morgan fingerprint density at radius 2 is 1.96 bits per heavy atom. The van der Waals surface area contributed by atoms with E-state index in [1.54, 1.807) is 13.1 Å². The van der Waals surface area contributed by atoms with Gasteiger partial charge in [0.05, 0.1) is 42.2 Å². The van der Waals surface area contributed by atoms with E-state index < -0.39 is 5.97 Å². The lowest BCUT2D eigenvalue weighted by Crippen LogP contribution is -2.17. The van der Waals surface area contributed by atoms with Crippen LogP contribution in [0.2, 0.25) is 0 Å². The van der Waals surface area contributed by atoms with Crippen molar-refractivity contribution in [2.75, 3.05) is 12.4 Å². The zero-order valence-electron chi connectivity index (χ0n) is 15.3. The Bertz CT molecular complexity index is 1050. The number of H-pyrrole nitrogens is 1. The lowest BCUT2D eigenvalue weighted by atomic mass is 10.1. The minimum Gasteiger partial charge on any atom is -0.465 e. The van der Waals surface area contributed by atoms with E-state index in [2.05, 4.69) is 15.3 Å². The largest absolute Gasteiger partial charge is 0.465 e. The first-order valence-electron chi connectivity index (χ1n) is 8.36. The molecule has 2 N–H and O–H groups in total. The summed E-state index contributed by atoms with van der Waals surface area (Å²) in [7, 11) is 1.26. The van der Waals surface area contributed by atoms with Crippen molar-refractivity contribution < 1.29 is 19.1 Å². The van der Waals surface area contributed by atoms with E-state index in [-0.39, 0.29) is 23.7 Å². The number of anilines is 1. The topological polar surface area (TPSA) is 101 Å². The van der Waals surface area contributed by atoms with Crippen LogP contribution in [0.5, 0.6) is 0 Å². The van der Waals surface area contributed by atoms with Gasteiger partial charge in [-0.3, -0.25) is 14.6 Å². The lowest BCUT2D eigenvalue weighted by Gasteiger charge is -2.07. The Morgan fingerprint density at radius 1 is 1.22 bits per heavy atom. The first-order chi connectivity index (χ1) is 12.9. The number of ether oxygens (including phenoxy) is 1. The van der Waals surface area contributed by atoms with E-state index >= 15 is 0 Å². The summed E-state index contributed by atoms with van der Waals surface area (Å²) in [6.45, 7) is 3.04. The van der Waals surface area contributed by atoms with E-state index in [9.17, 15) is 14.4 Å². The van der Waals surface area contributed by atoms with Gasteiger partial charge >= 0.3 is 5.97 Å². The summed E-state index contributed by atoms with van der Waals surface area (Å²) in [5, 5.41) is 3.67. The molecule has 0 unspecified atom stereocenters. The summed E-state index contributed by atoms with van der Waals surface area (Å²) in [5.41, 5.74) is 2.71. The Kier molecular flexibility index (Phi) is 5.03. The van der Waals surface area contributed by atoms with Crippen molar-refractivity contribution in [1.82, 2.24) is 9.97 Å². The van der Waals surface area contributed by atoms with Gasteiger partial charge < -0.3 is 15.0 Å². The highest BCUT2D eigenvalue weighted by Gasteiger charge is 2.24. The number of para-hydroxylation sites is 1. The molecule has 0 bridgehead atoms. The quantitative estimate of drug-likeness (QED) is 0.534. The third-order valence-corrected chi connectivity index (χ3v) is 4.28. The molecule has 138 valence electrons. The predicted molar refractivity (Wildman–Crippen MR) is 101 cm³/mol. The number of rotatable bonds is 5. The Labute approximate surface area is 155 Å². The van der Waals surface area contributed by atoms with Gasteiger partial charge in [-0.25, -0.2) is 4.79 Å². The van der Waals surface area contributed by atoms with Gasteiger partial charge in [0.15, 0.2) is 5.78 Å². The zero-order chi connectivity index (χ0) is 19.6. The summed E-state index contributed by atoms with van der Waals surface area (Å²) in [6.07, 6.45) is 1.47.